The minimum atomic E-state index is -0.488. The van der Waals surface area contributed by atoms with E-state index in [1.807, 2.05) is 36.4 Å². The van der Waals surface area contributed by atoms with Gasteiger partial charge in [-0.25, -0.2) is 0 Å². The second kappa shape index (κ2) is 6.19. The lowest BCUT2D eigenvalue weighted by Crippen LogP contribution is -2.20. The van der Waals surface area contributed by atoms with E-state index in [4.69, 9.17) is 17.2 Å². The van der Waals surface area contributed by atoms with E-state index in [2.05, 4.69) is 0 Å². The van der Waals surface area contributed by atoms with Crippen LogP contribution in [0.5, 0.6) is 0 Å². The van der Waals surface area contributed by atoms with E-state index in [-0.39, 0.29) is 6.42 Å². The average Bonchev–Trinajstić information content (AvgIpc) is 2.46. The van der Waals surface area contributed by atoms with Gasteiger partial charge in [0, 0.05) is 18.0 Å². The number of carbonyl (C=O) groups is 2. The van der Waals surface area contributed by atoms with Crippen LogP contribution in [0.4, 0.5) is 0 Å². The Morgan fingerprint density at radius 1 is 1.00 bits per heavy atom. The number of rotatable bonds is 5. The molecular weight excluding hydrogens is 266 g/mol. The molecule has 6 N–H and O–H groups in total. The smallest absolute Gasteiger partial charge is 0.249 e. The molecule has 0 fully saturated rings. The van der Waals surface area contributed by atoms with E-state index in [1.165, 1.54) is 0 Å². The van der Waals surface area contributed by atoms with Crippen molar-refractivity contribution in [2.24, 2.45) is 17.2 Å². The largest absolute Gasteiger partial charge is 0.370 e. The highest BCUT2D eigenvalue weighted by Crippen LogP contribution is 2.26. The standard InChI is InChI=1S/C16H17N3O2/c17-14(9-15(18)20)11-5-3-4-10(8-11)12-6-1-2-7-13(12)16(19)21/h1-8,14H,9,17H2,(H2,18,20)(H2,19,21). The third kappa shape index (κ3) is 3.46. The number of nitrogens with two attached hydrogens (primary N) is 3. The third-order valence-corrected chi connectivity index (χ3v) is 3.24. The van der Waals surface area contributed by atoms with E-state index < -0.39 is 17.9 Å². The Hall–Kier alpha value is -2.66. The lowest BCUT2D eigenvalue weighted by atomic mass is 9.95. The molecule has 1 unspecified atom stereocenters. The quantitative estimate of drug-likeness (QED) is 0.769. The Kier molecular flexibility index (Phi) is 4.35. The summed E-state index contributed by atoms with van der Waals surface area (Å²) in [6.45, 7) is 0. The lowest BCUT2D eigenvalue weighted by molar-refractivity contribution is -0.118. The maximum Gasteiger partial charge on any atom is 0.249 e. The predicted octanol–water partition coefficient (Wildman–Crippen LogP) is 1.33. The van der Waals surface area contributed by atoms with Gasteiger partial charge in [0.1, 0.15) is 0 Å². The van der Waals surface area contributed by atoms with Crippen LogP contribution in [-0.2, 0) is 4.79 Å². The molecule has 0 radical (unpaired) electrons. The fraction of sp³-hybridized carbons (Fsp3) is 0.125. The van der Waals surface area contributed by atoms with Crippen LogP contribution in [0.1, 0.15) is 28.4 Å². The zero-order chi connectivity index (χ0) is 15.4. The topological polar surface area (TPSA) is 112 Å². The molecule has 0 aliphatic carbocycles. The molecule has 0 bridgehead atoms. The lowest BCUT2D eigenvalue weighted by Gasteiger charge is -2.13. The molecule has 0 aromatic heterocycles. The van der Waals surface area contributed by atoms with Gasteiger partial charge in [-0.3, -0.25) is 9.59 Å². The maximum atomic E-state index is 11.5. The zero-order valence-electron chi connectivity index (χ0n) is 11.5. The number of hydrogen-bond donors (Lipinski definition) is 3. The van der Waals surface area contributed by atoms with Crippen molar-refractivity contribution in [1.29, 1.82) is 0 Å². The third-order valence-electron chi connectivity index (χ3n) is 3.24. The highest BCUT2D eigenvalue weighted by Gasteiger charge is 2.13. The summed E-state index contributed by atoms with van der Waals surface area (Å²) in [5, 5.41) is 0. The second-order valence-corrected chi connectivity index (χ2v) is 4.81. The second-order valence-electron chi connectivity index (χ2n) is 4.81. The molecule has 0 spiro atoms. The summed E-state index contributed by atoms with van der Waals surface area (Å²) < 4.78 is 0. The van der Waals surface area contributed by atoms with Gasteiger partial charge in [-0.15, -0.1) is 0 Å². The molecule has 2 amide bonds. The van der Waals surface area contributed by atoms with Crippen molar-refractivity contribution in [3.05, 3.63) is 59.7 Å². The molecule has 21 heavy (non-hydrogen) atoms. The van der Waals surface area contributed by atoms with Crippen molar-refractivity contribution in [2.45, 2.75) is 12.5 Å². The van der Waals surface area contributed by atoms with E-state index in [0.29, 0.717) is 5.56 Å². The molecule has 2 aromatic carbocycles. The van der Waals surface area contributed by atoms with Gasteiger partial charge >= 0.3 is 0 Å². The Bertz CT molecular complexity index is 683. The van der Waals surface area contributed by atoms with Gasteiger partial charge in [0.25, 0.3) is 0 Å². The van der Waals surface area contributed by atoms with Crippen LogP contribution in [0.2, 0.25) is 0 Å². The summed E-state index contributed by atoms with van der Waals surface area (Å²) >= 11 is 0. The Morgan fingerprint density at radius 3 is 2.38 bits per heavy atom. The van der Waals surface area contributed by atoms with Crippen molar-refractivity contribution in [3.8, 4) is 11.1 Å². The van der Waals surface area contributed by atoms with Gasteiger partial charge in [-0.2, -0.15) is 0 Å². The van der Waals surface area contributed by atoms with Crippen LogP contribution in [-0.4, -0.2) is 11.8 Å². The van der Waals surface area contributed by atoms with Gasteiger partial charge < -0.3 is 17.2 Å². The SMILES string of the molecule is NC(=O)CC(N)c1cccc(-c2ccccc2C(N)=O)c1. The van der Waals surface area contributed by atoms with Crippen LogP contribution in [0, 0.1) is 0 Å². The van der Waals surface area contributed by atoms with Crippen LogP contribution in [0.15, 0.2) is 48.5 Å². The Morgan fingerprint density at radius 2 is 1.71 bits per heavy atom. The van der Waals surface area contributed by atoms with Crippen molar-refractivity contribution < 1.29 is 9.59 Å². The van der Waals surface area contributed by atoms with Crippen LogP contribution in [0.25, 0.3) is 11.1 Å². The molecule has 0 saturated heterocycles. The Balaban J connectivity index is 2.42. The van der Waals surface area contributed by atoms with E-state index >= 15 is 0 Å². The maximum absolute atomic E-state index is 11.5. The molecule has 1 atom stereocenters. The number of amides is 2. The zero-order valence-corrected chi connectivity index (χ0v) is 11.5. The monoisotopic (exact) mass is 283 g/mol. The van der Waals surface area contributed by atoms with Crippen molar-refractivity contribution in [3.63, 3.8) is 0 Å². The van der Waals surface area contributed by atoms with Crippen molar-refractivity contribution in [2.75, 3.05) is 0 Å². The number of hydrogen-bond acceptors (Lipinski definition) is 3. The molecule has 0 aliphatic rings. The molecule has 2 aromatic rings. The van der Waals surface area contributed by atoms with Gasteiger partial charge in [0.15, 0.2) is 0 Å². The normalized spacial score (nSPS) is 11.9. The van der Waals surface area contributed by atoms with E-state index in [9.17, 15) is 9.59 Å². The summed E-state index contributed by atoms with van der Waals surface area (Å²) in [5.74, 6) is -0.942. The molecule has 0 aliphatic heterocycles. The molecular formula is C16H17N3O2. The minimum Gasteiger partial charge on any atom is -0.370 e. The van der Waals surface area contributed by atoms with Crippen molar-refractivity contribution >= 4 is 11.8 Å². The average molecular weight is 283 g/mol. The first-order valence-corrected chi connectivity index (χ1v) is 6.52. The minimum absolute atomic E-state index is 0.0704. The molecule has 108 valence electrons. The molecule has 5 nitrogen and oxygen atoms in total. The van der Waals surface area contributed by atoms with Crippen molar-refractivity contribution in [1.82, 2.24) is 0 Å². The van der Waals surface area contributed by atoms with Crippen LogP contribution in [0.3, 0.4) is 0 Å². The first-order chi connectivity index (χ1) is 9.99. The fourth-order valence-electron chi connectivity index (χ4n) is 2.22. The van der Waals surface area contributed by atoms with Gasteiger partial charge in [-0.1, -0.05) is 36.4 Å². The molecule has 0 heterocycles. The van der Waals surface area contributed by atoms with Crippen LogP contribution < -0.4 is 17.2 Å². The summed E-state index contributed by atoms with van der Waals surface area (Å²) in [5.41, 5.74) is 19.3. The highest BCUT2D eigenvalue weighted by molar-refractivity contribution is 5.99. The van der Waals surface area contributed by atoms with Gasteiger partial charge in [0.05, 0.1) is 0 Å². The van der Waals surface area contributed by atoms with E-state index in [1.54, 1.807) is 12.1 Å². The Labute approximate surface area is 122 Å². The first-order valence-electron chi connectivity index (χ1n) is 6.52. The van der Waals surface area contributed by atoms with Gasteiger partial charge in [0.2, 0.25) is 11.8 Å². The summed E-state index contributed by atoms with van der Waals surface area (Å²) in [7, 11) is 0. The fourth-order valence-corrected chi connectivity index (χ4v) is 2.22. The molecule has 0 saturated carbocycles. The predicted molar refractivity (Wildman–Crippen MR) is 81.1 cm³/mol. The number of carbonyl (C=O) groups excluding carboxylic acids is 2. The summed E-state index contributed by atoms with van der Waals surface area (Å²) in [6, 6.07) is 14.0. The first kappa shape index (κ1) is 14.7. The number of benzene rings is 2. The summed E-state index contributed by atoms with van der Waals surface area (Å²) in [6.07, 6.45) is 0.0704. The molecule has 2 rings (SSSR count). The van der Waals surface area contributed by atoms with E-state index in [0.717, 1.165) is 16.7 Å². The van der Waals surface area contributed by atoms with Gasteiger partial charge in [-0.05, 0) is 28.8 Å². The highest BCUT2D eigenvalue weighted by atomic mass is 16.1. The summed E-state index contributed by atoms with van der Waals surface area (Å²) in [4.78, 5) is 22.5. The molecule has 5 heteroatoms. The number of primary amides is 2. The van der Waals surface area contributed by atoms with Crippen LogP contribution >= 0.6 is 0 Å².